The van der Waals surface area contributed by atoms with Gasteiger partial charge < -0.3 is 10.3 Å². The highest BCUT2D eigenvalue weighted by Crippen LogP contribution is 2.21. The third kappa shape index (κ3) is 2.94. The Morgan fingerprint density at radius 2 is 1.94 bits per heavy atom. The SMILES string of the molecule is CC(C)Cc1ccc(-c2cc(CN)no2)cc1. The number of rotatable bonds is 4. The topological polar surface area (TPSA) is 52.0 Å². The molecule has 0 saturated carbocycles. The van der Waals surface area contributed by atoms with Crippen LogP contribution in [0.3, 0.4) is 0 Å². The lowest BCUT2D eigenvalue weighted by molar-refractivity contribution is 0.424. The third-order valence-corrected chi connectivity index (χ3v) is 2.65. The van der Waals surface area contributed by atoms with Gasteiger partial charge in [0.15, 0.2) is 5.76 Å². The molecule has 2 aromatic rings. The van der Waals surface area contributed by atoms with Crippen molar-refractivity contribution in [1.82, 2.24) is 5.16 Å². The van der Waals surface area contributed by atoms with Crippen LogP contribution in [0.25, 0.3) is 11.3 Å². The smallest absolute Gasteiger partial charge is 0.167 e. The Morgan fingerprint density at radius 1 is 1.24 bits per heavy atom. The summed E-state index contributed by atoms with van der Waals surface area (Å²) in [7, 11) is 0. The average molecular weight is 230 g/mol. The first kappa shape index (κ1) is 11.9. The molecule has 0 saturated heterocycles. The maximum absolute atomic E-state index is 5.50. The highest BCUT2D eigenvalue weighted by Gasteiger charge is 2.05. The molecule has 0 spiro atoms. The van der Waals surface area contributed by atoms with Gasteiger partial charge in [-0.25, -0.2) is 0 Å². The van der Waals surface area contributed by atoms with E-state index in [4.69, 9.17) is 10.3 Å². The Morgan fingerprint density at radius 3 is 2.47 bits per heavy atom. The maximum Gasteiger partial charge on any atom is 0.167 e. The molecule has 0 radical (unpaired) electrons. The van der Waals surface area contributed by atoms with Crippen LogP contribution in [-0.2, 0) is 13.0 Å². The van der Waals surface area contributed by atoms with Crippen molar-refractivity contribution >= 4 is 0 Å². The molecule has 0 amide bonds. The summed E-state index contributed by atoms with van der Waals surface area (Å²) in [6, 6.07) is 10.3. The van der Waals surface area contributed by atoms with Crippen molar-refractivity contribution in [3.05, 3.63) is 41.6 Å². The quantitative estimate of drug-likeness (QED) is 0.878. The van der Waals surface area contributed by atoms with E-state index in [2.05, 4.69) is 43.3 Å². The Bertz CT molecular complexity index is 471. The molecule has 0 bridgehead atoms. The summed E-state index contributed by atoms with van der Waals surface area (Å²) in [5.74, 6) is 1.46. The van der Waals surface area contributed by atoms with Crippen LogP contribution >= 0.6 is 0 Å². The van der Waals surface area contributed by atoms with Gasteiger partial charge in [-0.05, 0) is 17.9 Å². The van der Waals surface area contributed by atoms with Gasteiger partial charge in [0.25, 0.3) is 0 Å². The summed E-state index contributed by atoms with van der Waals surface area (Å²) in [6.45, 7) is 4.85. The minimum atomic E-state index is 0.412. The summed E-state index contributed by atoms with van der Waals surface area (Å²) in [6.07, 6.45) is 1.10. The van der Waals surface area contributed by atoms with Crippen LogP contribution in [0, 0.1) is 5.92 Å². The summed E-state index contributed by atoms with van der Waals surface area (Å²) >= 11 is 0. The van der Waals surface area contributed by atoms with E-state index in [1.807, 2.05) is 6.07 Å². The minimum Gasteiger partial charge on any atom is -0.356 e. The van der Waals surface area contributed by atoms with Gasteiger partial charge >= 0.3 is 0 Å². The molecule has 1 aromatic carbocycles. The van der Waals surface area contributed by atoms with Gasteiger partial charge in [-0.2, -0.15) is 0 Å². The molecule has 3 nitrogen and oxygen atoms in total. The minimum absolute atomic E-state index is 0.412. The van der Waals surface area contributed by atoms with Crippen molar-refractivity contribution in [2.45, 2.75) is 26.8 Å². The van der Waals surface area contributed by atoms with E-state index in [-0.39, 0.29) is 0 Å². The number of nitrogens with two attached hydrogens (primary N) is 1. The van der Waals surface area contributed by atoms with Crippen molar-refractivity contribution in [1.29, 1.82) is 0 Å². The number of aromatic nitrogens is 1. The van der Waals surface area contributed by atoms with E-state index in [1.165, 1.54) is 5.56 Å². The Hall–Kier alpha value is -1.61. The molecule has 90 valence electrons. The first-order valence-corrected chi connectivity index (χ1v) is 5.94. The molecule has 1 aromatic heterocycles. The molecular formula is C14H18N2O. The fourth-order valence-corrected chi connectivity index (χ4v) is 1.82. The van der Waals surface area contributed by atoms with Crippen molar-refractivity contribution in [3.8, 4) is 11.3 Å². The van der Waals surface area contributed by atoms with E-state index < -0.39 is 0 Å². The van der Waals surface area contributed by atoms with Crippen LogP contribution in [-0.4, -0.2) is 5.16 Å². The number of hydrogen-bond donors (Lipinski definition) is 1. The lowest BCUT2D eigenvalue weighted by atomic mass is 10.0. The van der Waals surface area contributed by atoms with E-state index in [1.54, 1.807) is 0 Å². The number of hydrogen-bond acceptors (Lipinski definition) is 3. The second kappa shape index (κ2) is 5.15. The molecule has 0 aliphatic heterocycles. The molecule has 0 aliphatic rings. The van der Waals surface area contributed by atoms with Crippen molar-refractivity contribution in [2.75, 3.05) is 0 Å². The molecule has 0 aliphatic carbocycles. The van der Waals surface area contributed by atoms with Crippen LogP contribution < -0.4 is 5.73 Å². The molecule has 3 heteroatoms. The molecule has 0 atom stereocenters. The Balaban J connectivity index is 2.17. The van der Waals surface area contributed by atoms with E-state index >= 15 is 0 Å². The van der Waals surface area contributed by atoms with E-state index in [0.717, 1.165) is 23.4 Å². The summed E-state index contributed by atoms with van der Waals surface area (Å²) in [4.78, 5) is 0. The third-order valence-electron chi connectivity index (χ3n) is 2.65. The molecule has 0 fully saturated rings. The summed E-state index contributed by atoms with van der Waals surface area (Å²) in [5, 5.41) is 3.88. The van der Waals surface area contributed by atoms with Crippen LogP contribution in [0.4, 0.5) is 0 Å². The first-order valence-electron chi connectivity index (χ1n) is 5.94. The molecule has 2 rings (SSSR count). The molecule has 2 N–H and O–H groups in total. The zero-order valence-corrected chi connectivity index (χ0v) is 10.3. The van der Waals surface area contributed by atoms with Crippen LogP contribution in [0.15, 0.2) is 34.9 Å². The zero-order valence-electron chi connectivity index (χ0n) is 10.3. The van der Waals surface area contributed by atoms with Crippen LogP contribution in [0.1, 0.15) is 25.1 Å². The highest BCUT2D eigenvalue weighted by molar-refractivity contribution is 5.57. The first-order chi connectivity index (χ1) is 8.19. The second-order valence-corrected chi connectivity index (χ2v) is 4.68. The summed E-state index contributed by atoms with van der Waals surface area (Å²) in [5.41, 5.74) is 8.68. The standard InChI is InChI=1S/C14H18N2O/c1-10(2)7-11-3-5-12(6-4-11)14-8-13(9-15)16-17-14/h3-6,8,10H,7,9,15H2,1-2H3. The predicted molar refractivity (Wildman–Crippen MR) is 68.4 cm³/mol. The molecular weight excluding hydrogens is 212 g/mol. The Labute approximate surface area is 102 Å². The van der Waals surface area contributed by atoms with Gasteiger partial charge in [0.1, 0.15) is 0 Å². The lowest BCUT2D eigenvalue weighted by Crippen LogP contribution is -1.94. The lowest BCUT2D eigenvalue weighted by Gasteiger charge is -2.04. The predicted octanol–water partition coefficient (Wildman–Crippen LogP) is 3.00. The monoisotopic (exact) mass is 230 g/mol. The van der Waals surface area contributed by atoms with Crippen LogP contribution in [0.2, 0.25) is 0 Å². The number of benzene rings is 1. The maximum atomic E-state index is 5.50. The van der Waals surface area contributed by atoms with Gasteiger partial charge in [-0.1, -0.05) is 43.3 Å². The second-order valence-electron chi connectivity index (χ2n) is 4.68. The van der Waals surface area contributed by atoms with Crippen molar-refractivity contribution in [2.24, 2.45) is 11.7 Å². The van der Waals surface area contributed by atoms with Gasteiger partial charge in [0, 0.05) is 18.2 Å². The van der Waals surface area contributed by atoms with Gasteiger partial charge in [0.2, 0.25) is 0 Å². The highest BCUT2D eigenvalue weighted by atomic mass is 16.5. The molecule has 1 heterocycles. The Kier molecular flexibility index (Phi) is 3.59. The fourth-order valence-electron chi connectivity index (χ4n) is 1.82. The molecule has 17 heavy (non-hydrogen) atoms. The zero-order chi connectivity index (χ0) is 12.3. The van der Waals surface area contributed by atoms with Crippen LogP contribution in [0.5, 0.6) is 0 Å². The normalized spacial score (nSPS) is 11.1. The van der Waals surface area contributed by atoms with Gasteiger partial charge in [0.05, 0.1) is 5.69 Å². The molecule has 0 unspecified atom stereocenters. The van der Waals surface area contributed by atoms with E-state index in [9.17, 15) is 0 Å². The van der Waals surface area contributed by atoms with E-state index in [0.29, 0.717) is 12.5 Å². The largest absolute Gasteiger partial charge is 0.356 e. The van der Waals surface area contributed by atoms with Gasteiger partial charge in [-0.15, -0.1) is 0 Å². The average Bonchev–Trinajstić information content (AvgIpc) is 2.78. The van der Waals surface area contributed by atoms with Gasteiger partial charge in [-0.3, -0.25) is 0 Å². The fraction of sp³-hybridized carbons (Fsp3) is 0.357. The number of nitrogens with zero attached hydrogens (tertiary/aromatic N) is 1. The van der Waals surface area contributed by atoms with Crippen molar-refractivity contribution < 1.29 is 4.52 Å². The summed E-state index contributed by atoms with van der Waals surface area (Å²) < 4.78 is 5.23. The van der Waals surface area contributed by atoms with Crippen molar-refractivity contribution in [3.63, 3.8) is 0 Å².